The number of hydrogen-bond acceptors (Lipinski definition) is 3. The van der Waals surface area contributed by atoms with Gasteiger partial charge in [-0.2, -0.15) is 0 Å². The first kappa shape index (κ1) is 12.9. The minimum Gasteiger partial charge on any atom is -0.391 e. The average molecular weight is 300 g/mol. The number of anilines is 1. The molecule has 0 aromatic heterocycles. The normalized spacial score (nSPS) is 23.9. The summed E-state index contributed by atoms with van der Waals surface area (Å²) in [6.45, 7) is 0.562. The van der Waals surface area contributed by atoms with Gasteiger partial charge in [0.1, 0.15) is 0 Å². The van der Waals surface area contributed by atoms with E-state index in [9.17, 15) is 5.11 Å². The highest BCUT2D eigenvalue weighted by Crippen LogP contribution is 2.29. The van der Waals surface area contributed by atoms with Crippen LogP contribution in [0.25, 0.3) is 0 Å². The number of hydrogen-bond donors (Lipinski definition) is 2. The summed E-state index contributed by atoms with van der Waals surface area (Å²) >= 11 is 3.53. The van der Waals surface area contributed by atoms with Crippen LogP contribution >= 0.6 is 15.9 Å². The molecule has 1 fully saturated rings. The zero-order chi connectivity index (χ0) is 12.3. The van der Waals surface area contributed by atoms with Gasteiger partial charge in [0, 0.05) is 22.8 Å². The van der Waals surface area contributed by atoms with E-state index >= 15 is 0 Å². The lowest BCUT2D eigenvalue weighted by molar-refractivity contribution is 0.171. The molecule has 0 aliphatic heterocycles. The SMILES string of the molecule is COCc1c(Br)cccc1N[C@H]1CCC[C@@H]1O. The largest absolute Gasteiger partial charge is 0.391 e. The number of rotatable bonds is 4. The van der Waals surface area contributed by atoms with Gasteiger partial charge < -0.3 is 15.2 Å². The maximum Gasteiger partial charge on any atom is 0.0744 e. The maximum absolute atomic E-state index is 9.83. The van der Waals surface area contributed by atoms with Gasteiger partial charge in [-0.05, 0) is 31.4 Å². The molecule has 2 rings (SSSR count). The van der Waals surface area contributed by atoms with Crippen LogP contribution in [0.2, 0.25) is 0 Å². The van der Waals surface area contributed by atoms with Crippen LogP contribution in [0, 0.1) is 0 Å². The summed E-state index contributed by atoms with van der Waals surface area (Å²) in [5.74, 6) is 0. The smallest absolute Gasteiger partial charge is 0.0744 e. The fourth-order valence-corrected chi connectivity index (χ4v) is 2.77. The van der Waals surface area contributed by atoms with Crippen molar-refractivity contribution in [2.24, 2.45) is 0 Å². The molecule has 2 atom stereocenters. The first-order valence-electron chi connectivity index (χ1n) is 5.93. The van der Waals surface area contributed by atoms with Crippen molar-refractivity contribution in [2.45, 2.75) is 38.0 Å². The fourth-order valence-electron chi connectivity index (χ4n) is 2.29. The Balaban J connectivity index is 2.16. The van der Waals surface area contributed by atoms with Crippen molar-refractivity contribution in [1.82, 2.24) is 0 Å². The molecule has 0 amide bonds. The molecule has 1 aliphatic rings. The molecular weight excluding hydrogens is 282 g/mol. The molecule has 0 saturated heterocycles. The van der Waals surface area contributed by atoms with E-state index in [0.717, 1.165) is 35.0 Å². The van der Waals surface area contributed by atoms with Crippen LogP contribution in [0.3, 0.4) is 0 Å². The van der Waals surface area contributed by atoms with Crippen molar-refractivity contribution in [3.8, 4) is 0 Å². The Morgan fingerprint density at radius 3 is 2.94 bits per heavy atom. The Bertz CT molecular complexity index is 384. The lowest BCUT2D eigenvalue weighted by atomic mass is 10.1. The molecule has 4 heteroatoms. The van der Waals surface area contributed by atoms with Gasteiger partial charge in [0.2, 0.25) is 0 Å². The first-order valence-corrected chi connectivity index (χ1v) is 6.72. The number of nitrogens with one attached hydrogen (secondary N) is 1. The summed E-state index contributed by atoms with van der Waals surface area (Å²) in [6, 6.07) is 6.20. The number of methoxy groups -OCH3 is 1. The van der Waals surface area contributed by atoms with E-state index in [0.29, 0.717) is 6.61 Å². The minimum absolute atomic E-state index is 0.167. The standard InChI is InChI=1S/C13H18BrNO2/c1-17-8-9-10(14)4-2-5-11(9)15-12-6-3-7-13(12)16/h2,4-5,12-13,15-16H,3,6-8H2,1H3/t12-,13-/m0/s1. The second-order valence-electron chi connectivity index (χ2n) is 4.45. The zero-order valence-corrected chi connectivity index (χ0v) is 11.5. The number of ether oxygens (including phenoxy) is 1. The Morgan fingerprint density at radius 2 is 2.29 bits per heavy atom. The minimum atomic E-state index is -0.232. The molecule has 1 aromatic carbocycles. The van der Waals surface area contributed by atoms with Crippen molar-refractivity contribution in [3.63, 3.8) is 0 Å². The van der Waals surface area contributed by atoms with Crippen molar-refractivity contribution in [1.29, 1.82) is 0 Å². The van der Waals surface area contributed by atoms with E-state index in [-0.39, 0.29) is 12.1 Å². The van der Waals surface area contributed by atoms with E-state index in [1.165, 1.54) is 0 Å². The topological polar surface area (TPSA) is 41.5 Å². The molecule has 3 nitrogen and oxygen atoms in total. The third-order valence-electron chi connectivity index (χ3n) is 3.23. The maximum atomic E-state index is 9.83. The van der Waals surface area contributed by atoms with Crippen molar-refractivity contribution in [3.05, 3.63) is 28.2 Å². The summed E-state index contributed by atoms with van der Waals surface area (Å²) in [5, 5.41) is 13.3. The van der Waals surface area contributed by atoms with Crippen LogP contribution in [-0.2, 0) is 11.3 Å². The highest BCUT2D eigenvalue weighted by molar-refractivity contribution is 9.10. The average Bonchev–Trinajstić information content (AvgIpc) is 2.70. The second-order valence-corrected chi connectivity index (χ2v) is 5.30. The van der Waals surface area contributed by atoms with E-state index in [1.54, 1.807) is 7.11 Å². The van der Waals surface area contributed by atoms with E-state index < -0.39 is 0 Å². The Kier molecular flexibility index (Phi) is 4.42. The monoisotopic (exact) mass is 299 g/mol. The number of aliphatic hydroxyl groups excluding tert-OH is 1. The van der Waals surface area contributed by atoms with Gasteiger partial charge in [-0.25, -0.2) is 0 Å². The van der Waals surface area contributed by atoms with E-state index in [2.05, 4.69) is 21.2 Å². The van der Waals surface area contributed by atoms with Crippen LogP contribution < -0.4 is 5.32 Å². The Labute approximate surface area is 110 Å². The van der Waals surface area contributed by atoms with Gasteiger partial charge in [0.25, 0.3) is 0 Å². The van der Waals surface area contributed by atoms with Crippen LogP contribution in [-0.4, -0.2) is 24.4 Å². The Morgan fingerprint density at radius 1 is 1.47 bits per heavy atom. The van der Waals surface area contributed by atoms with Gasteiger partial charge in [0.15, 0.2) is 0 Å². The number of halogens is 1. The highest BCUT2D eigenvalue weighted by Gasteiger charge is 2.25. The molecule has 94 valence electrons. The highest BCUT2D eigenvalue weighted by atomic mass is 79.9. The van der Waals surface area contributed by atoms with Crippen molar-refractivity contribution < 1.29 is 9.84 Å². The molecule has 1 aromatic rings. The van der Waals surface area contributed by atoms with Gasteiger partial charge in [0.05, 0.1) is 18.8 Å². The molecule has 1 saturated carbocycles. The molecule has 1 aliphatic carbocycles. The van der Waals surface area contributed by atoms with Gasteiger partial charge in [-0.15, -0.1) is 0 Å². The molecule has 0 bridgehead atoms. The van der Waals surface area contributed by atoms with E-state index in [4.69, 9.17) is 4.74 Å². The third-order valence-corrected chi connectivity index (χ3v) is 3.97. The molecule has 0 radical (unpaired) electrons. The van der Waals surface area contributed by atoms with Crippen LogP contribution in [0.4, 0.5) is 5.69 Å². The molecule has 2 N–H and O–H groups in total. The van der Waals surface area contributed by atoms with Crippen LogP contribution in [0.5, 0.6) is 0 Å². The van der Waals surface area contributed by atoms with E-state index in [1.807, 2.05) is 18.2 Å². The summed E-state index contributed by atoms with van der Waals surface area (Å²) < 4.78 is 6.25. The molecule has 0 heterocycles. The number of aliphatic hydroxyl groups is 1. The molecular formula is C13H18BrNO2. The first-order chi connectivity index (χ1) is 8.22. The lowest BCUT2D eigenvalue weighted by Crippen LogP contribution is -2.28. The third kappa shape index (κ3) is 3.00. The summed E-state index contributed by atoms with van der Waals surface area (Å²) in [5.41, 5.74) is 2.15. The number of benzene rings is 1. The second kappa shape index (κ2) is 5.85. The molecule has 17 heavy (non-hydrogen) atoms. The zero-order valence-electron chi connectivity index (χ0n) is 9.95. The quantitative estimate of drug-likeness (QED) is 0.898. The van der Waals surface area contributed by atoms with Gasteiger partial charge >= 0.3 is 0 Å². The van der Waals surface area contributed by atoms with Crippen molar-refractivity contribution in [2.75, 3.05) is 12.4 Å². The predicted molar refractivity (Wildman–Crippen MR) is 72.1 cm³/mol. The Hall–Kier alpha value is -0.580. The lowest BCUT2D eigenvalue weighted by Gasteiger charge is -2.20. The van der Waals surface area contributed by atoms with Crippen LogP contribution in [0.15, 0.2) is 22.7 Å². The van der Waals surface area contributed by atoms with Crippen LogP contribution in [0.1, 0.15) is 24.8 Å². The fraction of sp³-hybridized carbons (Fsp3) is 0.538. The van der Waals surface area contributed by atoms with Gasteiger partial charge in [-0.1, -0.05) is 22.0 Å². The summed E-state index contributed by atoms with van der Waals surface area (Å²) in [6.07, 6.45) is 2.78. The molecule has 0 spiro atoms. The van der Waals surface area contributed by atoms with Crippen molar-refractivity contribution >= 4 is 21.6 Å². The summed E-state index contributed by atoms with van der Waals surface area (Å²) in [4.78, 5) is 0. The summed E-state index contributed by atoms with van der Waals surface area (Å²) in [7, 11) is 1.69. The predicted octanol–water partition coefficient (Wildman–Crippen LogP) is 2.92. The molecule has 0 unspecified atom stereocenters. The van der Waals surface area contributed by atoms with Gasteiger partial charge in [-0.3, -0.25) is 0 Å².